The largest absolute Gasteiger partial charge is 0.366 e. The molecule has 0 bridgehead atoms. The molecule has 0 heterocycles. The van der Waals surface area contributed by atoms with Crippen LogP contribution >= 0.6 is 23.2 Å². The van der Waals surface area contributed by atoms with Crippen LogP contribution in [-0.4, -0.2) is 15.0 Å². The standard InChI is InChI=1S/C13H8Cl2N2O4S/c14-7-4-5-11(9(15)6-7)22(21)12-8(13(16)18)2-1-3-10(12)17(19)20/h1-6H,(H2,16,18). The van der Waals surface area contributed by atoms with E-state index in [1.54, 1.807) is 0 Å². The van der Waals surface area contributed by atoms with E-state index >= 15 is 0 Å². The molecule has 6 nitrogen and oxygen atoms in total. The molecule has 0 saturated carbocycles. The van der Waals surface area contributed by atoms with Crippen molar-refractivity contribution in [2.24, 2.45) is 5.73 Å². The lowest BCUT2D eigenvalue weighted by molar-refractivity contribution is -0.387. The van der Waals surface area contributed by atoms with E-state index < -0.39 is 27.3 Å². The highest BCUT2D eigenvalue weighted by molar-refractivity contribution is 7.85. The van der Waals surface area contributed by atoms with Crippen LogP contribution in [0, 0.1) is 10.1 Å². The van der Waals surface area contributed by atoms with E-state index in [4.69, 9.17) is 28.9 Å². The summed E-state index contributed by atoms with van der Waals surface area (Å²) in [6.45, 7) is 0. The number of nitrogens with two attached hydrogens (primary N) is 1. The molecule has 0 radical (unpaired) electrons. The predicted molar refractivity (Wildman–Crippen MR) is 82.8 cm³/mol. The minimum absolute atomic E-state index is 0.0689. The highest BCUT2D eigenvalue weighted by atomic mass is 35.5. The summed E-state index contributed by atoms with van der Waals surface area (Å²) in [4.78, 5) is 21.7. The van der Waals surface area contributed by atoms with Gasteiger partial charge in [0.2, 0.25) is 5.91 Å². The third-order valence-electron chi connectivity index (χ3n) is 2.74. The van der Waals surface area contributed by atoms with Crippen LogP contribution in [0.2, 0.25) is 10.0 Å². The quantitative estimate of drug-likeness (QED) is 0.669. The molecule has 0 aromatic heterocycles. The fourth-order valence-corrected chi connectivity index (χ4v) is 3.76. The molecule has 0 fully saturated rings. The third kappa shape index (κ3) is 3.11. The van der Waals surface area contributed by atoms with E-state index in [0.717, 1.165) is 6.07 Å². The lowest BCUT2D eigenvalue weighted by Crippen LogP contribution is -2.15. The normalized spacial score (nSPS) is 11.9. The number of hydrogen-bond acceptors (Lipinski definition) is 4. The van der Waals surface area contributed by atoms with E-state index in [0.29, 0.717) is 5.02 Å². The monoisotopic (exact) mass is 358 g/mol. The number of nitrogens with zero attached hydrogens (tertiary/aromatic N) is 1. The van der Waals surface area contributed by atoms with E-state index in [-0.39, 0.29) is 20.4 Å². The van der Waals surface area contributed by atoms with Gasteiger partial charge in [-0.05, 0) is 24.3 Å². The van der Waals surface area contributed by atoms with Crippen molar-refractivity contribution in [3.8, 4) is 0 Å². The Morgan fingerprint density at radius 2 is 1.91 bits per heavy atom. The lowest BCUT2D eigenvalue weighted by Gasteiger charge is -2.09. The van der Waals surface area contributed by atoms with E-state index in [9.17, 15) is 19.1 Å². The van der Waals surface area contributed by atoms with Crippen molar-refractivity contribution < 1.29 is 13.9 Å². The highest BCUT2D eigenvalue weighted by Gasteiger charge is 2.27. The number of nitro groups is 1. The first-order valence-electron chi connectivity index (χ1n) is 5.77. The van der Waals surface area contributed by atoms with Gasteiger partial charge in [-0.25, -0.2) is 4.21 Å². The molecule has 114 valence electrons. The second kappa shape index (κ2) is 6.43. The Kier molecular flexibility index (Phi) is 4.80. The summed E-state index contributed by atoms with van der Waals surface area (Å²) >= 11 is 11.7. The highest BCUT2D eigenvalue weighted by Crippen LogP contribution is 2.33. The fourth-order valence-electron chi connectivity index (χ4n) is 1.79. The minimum Gasteiger partial charge on any atom is -0.366 e. The molecular formula is C13H8Cl2N2O4S. The van der Waals surface area contributed by atoms with Gasteiger partial charge in [0.15, 0.2) is 0 Å². The third-order valence-corrected chi connectivity index (χ3v) is 4.95. The first-order chi connectivity index (χ1) is 10.3. The molecule has 22 heavy (non-hydrogen) atoms. The molecule has 9 heteroatoms. The zero-order chi connectivity index (χ0) is 16.4. The van der Waals surface area contributed by atoms with Gasteiger partial charge in [0.05, 0.1) is 31.2 Å². The Morgan fingerprint density at radius 3 is 2.45 bits per heavy atom. The Bertz CT molecular complexity index is 778. The van der Waals surface area contributed by atoms with Crippen LogP contribution in [0.1, 0.15) is 10.4 Å². The minimum atomic E-state index is -2.06. The average Bonchev–Trinajstić information content (AvgIpc) is 2.45. The van der Waals surface area contributed by atoms with Crippen molar-refractivity contribution in [3.05, 3.63) is 62.1 Å². The summed E-state index contributed by atoms with van der Waals surface area (Å²) < 4.78 is 12.7. The average molecular weight is 359 g/mol. The molecule has 2 aromatic rings. The van der Waals surface area contributed by atoms with Crippen LogP contribution in [0.3, 0.4) is 0 Å². The van der Waals surface area contributed by atoms with Crippen LogP contribution in [0.5, 0.6) is 0 Å². The number of nitro benzene ring substituents is 1. The van der Waals surface area contributed by atoms with Crippen LogP contribution < -0.4 is 5.73 Å². The van der Waals surface area contributed by atoms with Gasteiger partial charge in [-0.3, -0.25) is 14.9 Å². The number of hydrogen-bond donors (Lipinski definition) is 1. The molecule has 0 aliphatic heterocycles. The number of primary amides is 1. The smallest absolute Gasteiger partial charge is 0.286 e. The van der Waals surface area contributed by atoms with Gasteiger partial charge in [-0.1, -0.05) is 29.3 Å². The van der Waals surface area contributed by atoms with Gasteiger partial charge in [0.25, 0.3) is 5.69 Å². The van der Waals surface area contributed by atoms with E-state index in [1.807, 2.05) is 0 Å². The molecule has 0 spiro atoms. The Labute approximate surface area is 137 Å². The van der Waals surface area contributed by atoms with Crippen molar-refractivity contribution in [1.82, 2.24) is 0 Å². The number of amides is 1. The topological polar surface area (TPSA) is 103 Å². The van der Waals surface area contributed by atoms with E-state index in [2.05, 4.69) is 0 Å². The van der Waals surface area contributed by atoms with Gasteiger partial charge in [0, 0.05) is 11.1 Å². The maximum Gasteiger partial charge on any atom is 0.286 e. The summed E-state index contributed by atoms with van der Waals surface area (Å²) in [6, 6.07) is 7.88. The second-order valence-corrected chi connectivity index (χ2v) is 6.35. The number of carbonyl (C=O) groups excluding carboxylic acids is 1. The Morgan fingerprint density at radius 1 is 1.23 bits per heavy atom. The van der Waals surface area contributed by atoms with Crippen LogP contribution in [0.15, 0.2) is 46.2 Å². The summed E-state index contributed by atoms with van der Waals surface area (Å²) in [7, 11) is -2.06. The molecule has 2 rings (SSSR count). The summed E-state index contributed by atoms with van der Waals surface area (Å²) in [5, 5.41) is 11.5. The molecule has 0 saturated heterocycles. The lowest BCUT2D eigenvalue weighted by atomic mass is 10.2. The number of benzene rings is 2. The fraction of sp³-hybridized carbons (Fsp3) is 0. The van der Waals surface area contributed by atoms with Crippen molar-refractivity contribution in [1.29, 1.82) is 0 Å². The van der Waals surface area contributed by atoms with Crippen molar-refractivity contribution >= 4 is 45.6 Å². The first kappa shape index (κ1) is 16.4. The van der Waals surface area contributed by atoms with Crippen molar-refractivity contribution in [2.75, 3.05) is 0 Å². The molecule has 1 unspecified atom stereocenters. The zero-order valence-electron chi connectivity index (χ0n) is 10.8. The Balaban J connectivity index is 2.72. The van der Waals surface area contributed by atoms with Crippen LogP contribution in [-0.2, 0) is 10.8 Å². The van der Waals surface area contributed by atoms with Gasteiger partial charge in [-0.2, -0.15) is 0 Å². The van der Waals surface area contributed by atoms with Crippen LogP contribution in [0.4, 0.5) is 5.69 Å². The molecular weight excluding hydrogens is 351 g/mol. The predicted octanol–water partition coefficient (Wildman–Crippen LogP) is 3.17. The summed E-state index contributed by atoms with van der Waals surface area (Å²) in [5.41, 5.74) is 4.54. The van der Waals surface area contributed by atoms with Crippen LogP contribution in [0.25, 0.3) is 0 Å². The number of rotatable bonds is 4. The molecule has 2 N–H and O–H groups in total. The molecule has 1 amide bonds. The van der Waals surface area contributed by atoms with Gasteiger partial charge in [-0.15, -0.1) is 0 Å². The molecule has 1 atom stereocenters. The number of halogens is 2. The molecule has 0 aliphatic carbocycles. The SMILES string of the molecule is NC(=O)c1cccc([N+](=O)[O-])c1S(=O)c1ccc(Cl)cc1Cl. The molecule has 0 aliphatic rings. The number of carbonyl (C=O) groups is 1. The summed E-state index contributed by atoms with van der Waals surface area (Å²) in [5.74, 6) is -0.919. The second-order valence-electron chi connectivity index (χ2n) is 4.12. The maximum absolute atomic E-state index is 12.7. The van der Waals surface area contributed by atoms with Gasteiger partial charge in [0.1, 0.15) is 4.90 Å². The zero-order valence-corrected chi connectivity index (χ0v) is 13.1. The van der Waals surface area contributed by atoms with E-state index in [1.165, 1.54) is 30.3 Å². The maximum atomic E-state index is 12.7. The first-order valence-corrected chi connectivity index (χ1v) is 7.67. The van der Waals surface area contributed by atoms with Gasteiger partial charge < -0.3 is 5.73 Å². The van der Waals surface area contributed by atoms with Crippen molar-refractivity contribution in [3.63, 3.8) is 0 Å². The molecule has 2 aromatic carbocycles. The Hall–Kier alpha value is -1.96. The summed E-state index contributed by atoms with van der Waals surface area (Å²) in [6.07, 6.45) is 0. The van der Waals surface area contributed by atoms with Crippen molar-refractivity contribution in [2.45, 2.75) is 9.79 Å². The van der Waals surface area contributed by atoms with Gasteiger partial charge >= 0.3 is 0 Å².